The van der Waals surface area contributed by atoms with Crippen molar-refractivity contribution in [2.75, 3.05) is 17.7 Å². The summed E-state index contributed by atoms with van der Waals surface area (Å²) in [5, 5.41) is 13.4. The molecule has 1 heterocycles. The first kappa shape index (κ1) is 23.2. The normalized spacial score (nSPS) is 12.6. The lowest BCUT2D eigenvalue weighted by atomic mass is 10.1. The Morgan fingerprint density at radius 1 is 0.917 bits per heavy atom. The van der Waals surface area contributed by atoms with Crippen LogP contribution in [0.2, 0.25) is 0 Å². The van der Waals surface area contributed by atoms with Crippen LogP contribution < -0.4 is 20.7 Å². The minimum atomic E-state index is -0.271. The van der Waals surface area contributed by atoms with E-state index in [4.69, 9.17) is 9.84 Å². The number of anilines is 2. The summed E-state index contributed by atoms with van der Waals surface area (Å²) in [7, 11) is 1.61. The van der Waals surface area contributed by atoms with Crippen LogP contribution in [0.1, 0.15) is 28.8 Å². The molecule has 5 rings (SSSR count). The highest BCUT2D eigenvalue weighted by atomic mass is 16.5. The van der Waals surface area contributed by atoms with E-state index in [0.29, 0.717) is 29.2 Å². The molecular formula is C28H27N5O3. The number of nitrogens with one attached hydrogen (secondary N) is 3. The molecule has 4 aromatic rings. The van der Waals surface area contributed by atoms with Crippen molar-refractivity contribution in [1.29, 1.82) is 0 Å². The van der Waals surface area contributed by atoms with Crippen LogP contribution in [-0.2, 0) is 6.54 Å². The van der Waals surface area contributed by atoms with Gasteiger partial charge in [0.2, 0.25) is 0 Å². The predicted octanol–water partition coefficient (Wildman–Crippen LogP) is 5.14. The number of carbonyl (C=O) groups is 2. The van der Waals surface area contributed by atoms with Gasteiger partial charge < -0.3 is 20.7 Å². The number of hydrogen-bond acceptors (Lipinski definition) is 4. The highest BCUT2D eigenvalue weighted by Gasteiger charge is 2.23. The first-order valence-corrected chi connectivity index (χ1v) is 11.8. The average Bonchev–Trinajstić information content (AvgIpc) is 3.61. The van der Waals surface area contributed by atoms with Crippen molar-refractivity contribution in [3.05, 3.63) is 96.2 Å². The van der Waals surface area contributed by atoms with Crippen molar-refractivity contribution in [3.8, 4) is 17.0 Å². The van der Waals surface area contributed by atoms with Gasteiger partial charge in [-0.05, 0) is 66.9 Å². The van der Waals surface area contributed by atoms with Crippen LogP contribution >= 0.6 is 0 Å². The average molecular weight is 482 g/mol. The standard InChI is InChI=1S/C28H27N5O3/c1-36-24-15-7-20(8-16-24)26-25(18-33(32-26)17-19-5-3-2-4-6-19)27(34)29-21-9-11-22(12-10-21)30-28(35)31-23-13-14-23/h2-12,15-16,18,23H,13-14,17H2,1H3,(H,29,34)(H2,30,31,35). The summed E-state index contributed by atoms with van der Waals surface area (Å²) in [5.74, 6) is 0.459. The monoisotopic (exact) mass is 481 g/mol. The minimum Gasteiger partial charge on any atom is -0.497 e. The molecule has 0 bridgehead atoms. The number of amides is 3. The van der Waals surface area contributed by atoms with Gasteiger partial charge in [0.15, 0.2) is 0 Å². The fourth-order valence-corrected chi connectivity index (χ4v) is 3.82. The Hall–Kier alpha value is -4.59. The van der Waals surface area contributed by atoms with Crippen molar-refractivity contribution in [1.82, 2.24) is 15.1 Å². The Bertz CT molecular complexity index is 1340. The van der Waals surface area contributed by atoms with E-state index >= 15 is 0 Å². The number of carbonyl (C=O) groups excluding carboxylic acids is 2. The Balaban J connectivity index is 1.35. The highest BCUT2D eigenvalue weighted by Crippen LogP contribution is 2.26. The Labute approximate surface area is 209 Å². The molecule has 8 heteroatoms. The number of aromatic nitrogens is 2. The van der Waals surface area contributed by atoms with Gasteiger partial charge in [-0.3, -0.25) is 9.48 Å². The zero-order chi connectivity index (χ0) is 24.9. The topological polar surface area (TPSA) is 97.3 Å². The van der Waals surface area contributed by atoms with Crippen LogP contribution in [0.4, 0.5) is 16.2 Å². The molecule has 36 heavy (non-hydrogen) atoms. The molecular weight excluding hydrogens is 454 g/mol. The van der Waals surface area contributed by atoms with Crippen LogP contribution in [0.5, 0.6) is 5.75 Å². The quantitative estimate of drug-likeness (QED) is 0.324. The van der Waals surface area contributed by atoms with Crippen LogP contribution in [0.15, 0.2) is 85.1 Å². The second-order valence-electron chi connectivity index (χ2n) is 8.71. The second-order valence-corrected chi connectivity index (χ2v) is 8.71. The summed E-state index contributed by atoms with van der Waals surface area (Å²) in [6, 6.07) is 24.5. The number of hydrogen-bond donors (Lipinski definition) is 3. The van der Waals surface area contributed by atoms with Gasteiger partial charge in [0.1, 0.15) is 11.4 Å². The molecule has 182 valence electrons. The second kappa shape index (κ2) is 10.4. The van der Waals surface area contributed by atoms with E-state index in [-0.39, 0.29) is 18.0 Å². The molecule has 3 aromatic carbocycles. The van der Waals surface area contributed by atoms with E-state index in [1.165, 1.54) is 0 Å². The number of nitrogens with zero attached hydrogens (tertiary/aromatic N) is 2. The molecule has 0 aliphatic heterocycles. The predicted molar refractivity (Wildman–Crippen MR) is 139 cm³/mol. The SMILES string of the molecule is COc1ccc(-c2nn(Cc3ccccc3)cc2C(=O)Nc2ccc(NC(=O)NC3CC3)cc2)cc1. The number of methoxy groups -OCH3 is 1. The molecule has 0 saturated heterocycles. The summed E-state index contributed by atoms with van der Waals surface area (Å²) >= 11 is 0. The van der Waals surface area contributed by atoms with Crippen LogP contribution in [-0.4, -0.2) is 34.9 Å². The molecule has 3 N–H and O–H groups in total. The zero-order valence-corrected chi connectivity index (χ0v) is 19.9. The molecule has 1 aliphatic rings. The molecule has 0 unspecified atom stereocenters. The Morgan fingerprint density at radius 2 is 1.58 bits per heavy atom. The van der Waals surface area contributed by atoms with Gasteiger partial charge in [-0.2, -0.15) is 5.10 Å². The summed E-state index contributed by atoms with van der Waals surface area (Å²) in [6.07, 6.45) is 3.82. The molecule has 1 aromatic heterocycles. The smallest absolute Gasteiger partial charge is 0.319 e. The van der Waals surface area contributed by atoms with Gasteiger partial charge in [-0.15, -0.1) is 0 Å². The van der Waals surface area contributed by atoms with Crippen molar-refractivity contribution >= 4 is 23.3 Å². The van der Waals surface area contributed by atoms with Crippen molar-refractivity contribution in [2.24, 2.45) is 0 Å². The maximum Gasteiger partial charge on any atom is 0.319 e. The van der Waals surface area contributed by atoms with Crippen LogP contribution in [0.3, 0.4) is 0 Å². The molecule has 1 aliphatic carbocycles. The van der Waals surface area contributed by atoms with Gasteiger partial charge in [-0.1, -0.05) is 30.3 Å². The summed E-state index contributed by atoms with van der Waals surface area (Å²) in [6.45, 7) is 0.542. The summed E-state index contributed by atoms with van der Waals surface area (Å²) in [5.41, 5.74) is 4.21. The third kappa shape index (κ3) is 5.72. The van der Waals surface area contributed by atoms with Gasteiger partial charge in [0.05, 0.1) is 19.2 Å². The van der Waals surface area contributed by atoms with Crippen molar-refractivity contribution in [2.45, 2.75) is 25.4 Å². The third-order valence-electron chi connectivity index (χ3n) is 5.87. The van der Waals surface area contributed by atoms with Crippen LogP contribution in [0, 0.1) is 0 Å². The van der Waals surface area contributed by atoms with Gasteiger partial charge in [0.25, 0.3) is 5.91 Å². The van der Waals surface area contributed by atoms with Gasteiger partial charge >= 0.3 is 6.03 Å². The third-order valence-corrected chi connectivity index (χ3v) is 5.87. The zero-order valence-electron chi connectivity index (χ0n) is 19.9. The summed E-state index contributed by atoms with van der Waals surface area (Å²) in [4.78, 5) is 25.3. The van der Waals surface area contributed by atoms with E-state index in [0.717, 1.165) is 29.7 Å². The number of benzene rings is 3. The fourth-order valence-electron chi connectivity index (χ4n) is 3.82. The highest BCUT2D eigenvalue weighted by molar-refractivity contribution is 6.08. The summed E-state index contributed by atoms with van der Waals surface area (Å²) < 4.78 is 7.04. The number of rotatable bonds is 8. The first-order valence-electron chi connectivity index (χ1n) is 11.8. The van der Waals surface area contributed by atoms with E-state index in [1.54, 1.807) is 42.3 Å². The largest absolute Gasteiger partial charge is 0.497 e. The van der Waals surface area contributed by atoms with Crippen molar-refractivity contribution < 1.29 is 14.3 Å². The van der Waals surface area contributed by atoms with E-state index in [9.17, 15) is 9.59 Å². The van der Waals surface area contributed by atoms with Crippen molar-refractivity contribution in [3.63, 3.8) is 0 Å². The molecule has 1 fully saturated rings. The van der Waals surface area contributed by atoms with Crippen LogP contribution in [0.25, 0.3) is 11.3 Å². The lowest BCUT2D eigenvalue weighted by Gasteiger charge is -2.09. The van der Waals surface area contributed by atoms with E-state index < -0.39 is 0 Å². The molecule has 0 atom stereocenters. The molecule has 3 amide bonds. The number of urea groups is 1. The molecule has 0 radical (unpaired) electrons. The lowest BCUT2D eigenvalue weighted by molar-refractivity contribution is 0.102. The first-order chi connectivity index (χ1) is 17.6. The maximum absolute atomic E-state index is 13.3. The molecule has 1 saturated carbocycles. The fraction of sp³-hybridized carbons (Fsp3) is 0.179. The Kier molecular flexibility index (Phi) is 6.66. The Morgan fingerprint density at radius 3 is 2.22 bits per heavy atom. The minimum absolute atomic E-state index is 0.218. The van der Waals surface area contributed by atoms with Gasteiger partial charge in [-0.25, -0.2) is 4.79 Å². The van der Waals surface area contributed by atoms with Gasteiger partial charge in [0, 0.05) is 29.2 Å². The lowest BCUT2D eigenvalue weighted by Crippen LogP contribution is -2.30. The maximum atomic E-state index is 13.3. The molecule has 8 nitrogen and oxygen atoms in total. The van der Waals surface area contributed by atoms with E-state index in [2.05, 4.69) is 16.0 Å². The molecule has 0 spiro atoms. The number of ether oxygens (including phenoxy) is 1. The van der Waals surface area contributed by atoms with E-state index in [1.807, 2.05) is 54.6 Å².